The average molecular weight is 510 g/mol. The van der Waals surface area contributed by atoms with Crippen LogP contribution in [-0.4, -0.2) is 67.0 Å². The molecule has 3 heterocycles. The van der Waals surface area contributed by atoms with Crippen molar-refractivity contribution in [1.29, 1.82) is 0 Å². The van der Waals surface area contributed by atoms with E-state index in [1.54, 1.807) is 12.1 Å². The Bertz CT molecular complexity index is 1190. The molecule has 35 heavy (non-hydrogen) atoms. The molecule has 8 nitrogen and oxygen atoms in total. The van der Waals surface area contributed by atoms with Crippen LogP contribution in [0.3, 0.4) is 0 Å². The summed E-state index contributed by atoms with van der Waals surface area (Å²) in [6, 6.07) is 7.02. The number of hydrogen-bond acceptors (Lipinski definition) is 8. The third-order valence-corrected chi connectivity index (χ3v) is 6.56. The molecule has 0 saturated carbocycles. The van der Waals surface area contributed by atoms with Gasteiger partial charge in [-0.15, -0.1) is 24.5 Å². The summed E-state index contributed by atoms with van der Waals surface area (Å²) in [6.45, 7) is 3.34. The summed E-state index contributed by atoms with van der Waals surface area (Å²) < 4.78 is 45.9. The van der Waals surface area contributed by atoms with E-state index in [1.807, 2.05) is 13.0 Å². The zero-order chi connectivity index (χ0) is 25.2. The number of amides is 1. The number of fused-ring (bicyclic) bond motifs is 1. The number of carbonyl (C=O) groups is 1. The van der Waals surface area contributed by atoms with E-state index in [9.17, 15) is 18.0 Å². The van der Waals surface area contributed by atoms with Crippen molar-refractivity contribution in [3.05, 3.63) is 35.3 Å². The second-order valence-corrected chi connectivity index (χ2v) is 9.38. The average Bonchev–Trinajstić information content (AvgIpc) is 3.23. The van der Waals surface area contributed by atoms with E-state index >= 15 is 0 Å². The Morgan fingerprint density at radius 2 is 1.97 bits per heavy atom. The van der Waals surface area contributed by atoms with Gasteiger partial charge < -0.3 is 24.6 Å². The summed E-state index contributed by atoms with van der Waals surface area (Å²) >= 11 is 0.729. The minimum atomic E-state index is -4.78. The van der Waals surface area contributed by atoms with Crippen LogP contribution in [0.15, 0.2) is 29.6 Å². The number of benzene rings is 1. The summed E-state index contributed by atoms with van der Waals surface area (Å²) in [4.78, 5) is 26.2. The van der Waals surface area contributed by atoms with E-state index in [1.165, 1.54) is 5.38 Å². The Kier molecular flexibility index (Phi) is 7.31. The van der Waals surface area contributed by atoms with Gasteiger partial charge in [0.15, 0.2) is 11.7 Å². The molecule has 188 valence electrons. The lowest BCUT2D eigenvalue weighted by Crippen LogP contribution is -2.42. The first kappa shape index (κ1) is 25.0. The number of nitrogens with zero attached hydrogens (tertiary/aromatic N) is 4. The van der Waals surface area contributed by atoms with E-state index in [4.69, 9.17) is 14.7 Å². The molecule has 0 bridgehead atoms. The lowest BCUT2D eigenvalue weighted by Gasteiger charge is -2.35. The predicted molar refractivity (Wildman–Crippen MR) is 128 cm³/mol. The van der Waals surface area contributed by atoms with Gasteiger partial charge in [0, 0.05) is 41.7 Å². The molecular weight excluding hydrogens is 483 g/mol. The number of aromatic nitrogens is 2. The molecule has 0 radical (unpaired) electrons. The molecule has 1 saturated heterocycles. The highest BCUT2D eigenvalue weighted by Gasteiger charge is 2.32. The fraction of sp³-hybridized carbons (Fsp3) is 0.435. The van der Waals surface area contributed by atoms with Crippen LogP contribution in [0, 0.1) is 6.92 Å². The first-order valence-electron chi connectivity index (χ1n) is 11.0. The molecule has 3 aromatic rings. The second-order valence-electron chi connectivity index (χ2n) is 8.51. The van der Waals surface area contributed by atoms with E-state index in [0.29, 0.717) is 17.7 Å². The van der Waals surface area contributed by atoms with Crippen LogP contribution in [0.5, 0.6) is 10.8 Å². The minimum absolute atomic E-state index is 0.120. The van der Waals surface area contributed by atoms with Gasteiger partial charge in [-0.2, -0.15) is 0 Å². The van der Waals surface area contributed by atoms with Crippen molar-refractivity contribution in [3.8, 4) is 10.8 Å². The van der Waals surface area contributed by atoms with Crippen LogP contribution in [0.2, 0.25) is 0 Å². The van der Waals surface area contributed by atoms with Gasteiger partial charge in [-0.25, -0.2) is 9.97 Å². The number of rotatable bonds is 7. The van der Waals surface area contributed by atoms with E-state index in [2.05, 4.69) is 33.9 Å². The number of halogens is 3. The molecule has 12 heteroatoms. The molecule has 1 amide bonds. The zero-order valence-corrected chi connectivity index (χ0v) is 20.4. The summed E-state index contributed by atoms with van der Waals surface area (Å²) in [5.41, 5.74) is 2.14. The van der Waals surface area contributed by atoms with Crippen LogP contribution < -0.4 is 19.7 Å². The summed E-state index contributed by atoms with van der Waals surface area (Å²) in [7, 11) is 4.20. The highest BCUT2D eigenvalue weighted by molar-refractivity contribution is 7.12. The Balaban J connectivity index is 1.36. The van der Waals surface area contributed by atoms with Crippen LogP contribution in [-0.2, 0) is 4.79 Å². The number of aryl methyl sites for hydroxylation is 1. The Labute approximate surface area is 204 Å². The third kappa shape index (κ3) is 6.51. The Morgan fingerprint density at radius 3 is 2.66 bits per heavy atom. The molecule has 4 rings (SSSR count). The van der Waals surface area contributed by atoms with Gasteiger partial charge in [-0.05, 0) is 52.1 Å². The zero-order valence-electron chi connectivity index (χ0n) is 19.6. The first-order chi connectivity index (χ1) is 16.6. The first-order valence-corrected chi connectivity index (χ1v) is 11.9. The maximum Gasteiger partial charge on any atom is 0.573 e. The fourth-order valence-electron chi connectivity index (χ4n) is 3.96. The second kappa shape index (κ2) is 10.2. The van der Waals surface area contributed by atoms with Crippen LogP contribution >= 0.6 is 11.3 Å². The maximum atomic E-state index is 12.3. The number of anilines is 2. The van der Waals surface area contributed by atoms with E-state index in [0.717, 1.165) is 59.9 Å². The van der Waals surface area contributed by atoms with Crippen molar-refractivity contribution >= 4 is 39.8 Å². The van der Waals surface area contributed by atoms with Crippen molar-refractivity contribution in [3.63, 3.8) is 0 Å². The molecular formula is C23H26F3N5O3S. The molecule has 0 aliphatic carbocycles. The van der Waals surface area contributed by atoms with Gasteiger partial charge in [0.2, 0.25) is 5.95 Å². The predicted octanol–water partition coefficient (Wildman–Crippen LogP) is 4.45. The molecule has 1 aliphatic heterocycles. The largest absolute Gasteiger partial charge is 0.573 e. The monoisotopic (exact) mass is 509 g/mol. The highest BCUT2D eigenvalue weighted by atomic mass is 32.1. The summed E-state index contributed by atoms with van der Waals surface area (Å²) in [6.07, 6.45) is -2.66. The number of piperidine rings is 1. The topological polar surface area (TPSA) is 79.8 Å². The molecule has 1 aliphatic rings. The normalized spacial score (nSPS) is 15.0. The van der Waals surface area contributed by atoms with Gasteiger partial charge in [0.25, 0.3) is 5.91 Å². The number of thiophene rings is 1. The quantitative estimate of drug-likeness (QED) is 0.504. The highest BCUT2D eigenvalue weighted by Crippen LogP contribution is 2.33. The smallest absolute Gasteiger partial charge is 0.483 e. The summed E-state index contributed by atoms with van der Waals surface area (Å²) in [5, 5.41) is 4.53. The number of alkyl halides is 3. The molecule has 0 spiro atoms. The van der Waals surface area contributed by atoms with E-state index < -0.39 is 12.3 Å². The number of ether oxygens (including phenoxy) is 2. The van der Waals surface area contributed by atoms with Gasteiger partial charge in [0.05, 0.1) is 11.2 Å². The maximum absolute atomic E-state index is 12.3. The van der Waals surface area contributed by atoms with E-state index in [-0.39, 0.29) is 17.4 Å². The van der Waals surface area contributed by atoms with Crippen LogP contribution in [0.25, 0.3) is 10.9 Å². The fourth-order valence-corrected chi connectivity index (χ4v) is 4.65. The molecule has 2 aromatic heterocycles. The van der Waals surface area contributed by atoms with Gasteiger partial charge in [0.1, 0.15) is 5.75 Å². The van der Waals surface area contributed by atoms with Crippen molar-refractivity contribution < 1.29 is 27.4 Å². The Hall–Kier alpha value is -3.12. The van der Waals surface area contributed by atoms with Crippen molar-refractivity contribution in [2.75, 3.05) is 44.0 Å². The molecule has 1 aromatic carbocycles. The van der Waals surface area contributed by atoms with Crippen LogP contribution in [0.4, 0.5) is 24.8 Å². The molecule has 0 atom stereocenters. The van der Waals surface area contributed by atoms with Crippen LogP contribution in [0.1, 0.15) is 18.5 Å². The SMILES string of the molecule is Cc1nc(N2CCC(N(C)C)CC2)nc2ccc(NC(=O)COc3csc(OC(F)(F)F)c3)cc12. The Morgan fingerprint density at radius 1 is 1.23 bits per heavy atom. The minimum Gasteiger partial charge on any atom is -0.483 e. The van der Waals surface area contributed by atoms with Crippen molar-refractivity contribution in [1.82, 2.24) is 14.9 Å². The molecule has 0 unspecified atom stereocenters. The lowest BCUT2D eigenvalue weighted by molar-refractivity contribution is -0.273. The van der Waals surface area contributed by atoms with Gasteiger partial charge in [-0.3, -0.25) is 4.79 Å². The van der Waals surface area contributed by atoms with Gasteiger partial charge in [-0.1, -0.05) is 0 Å². The molecule has 1 fully saturated rings. The number of carbonyl (C=O) groups excluding carboxylic acids is 1. The summed E-state index contributed by atoms with van der Waals surface area (Å²) in [5.74, 6) is 0.379. The third-order valence-electron chi connectivity index (χ3n) is 5.77. The van der Waals surface area contributed by atoms with Gasteiger partial charge >= 0.3 is 6.36 Å². The number of hydrogen-bond donors (Lipinski definition) is 1. The number of nitrogens with one attached hydrogen (secondary N) is 1. The van der Waals surface area contributed by atoms with Crippen molar-refractivity contribution in [2.45, 2.75) is 32.2 Å². The lowest BCUT2D eigenvalue weighted by atomic mass is 10.0. The van der Waals surface area contributed by atoms with Crippen molar-refractivity contribution in [2.24, 2.45) is 0 Å². The standard InChI is InChI=1S/C23H26F3N5O3S/c1-14-18-10-15(28-20(32)12-33-17-11-21(35-13-17)34-23(24,25)26)4-5-19(18)29-22(27-14)31-8-6-16(7-9-31)30(2)3/h4-5,10-11,13,16H,6-9,12H2,1-3H3,(H,28,32). The molecule has 1 N–H and O–H groups in total.